The zero-order valence-electron chi connectivity index (χ0n) is 17.4. The van der Waals surface area contributed by atoms with Crippen molar-refractivity contribution in [3.63, 3.8) is 0 Å². The molecule has 0 aliphatic heterocycles. The minimum Gasteiger partial charge on any atom is -0.466 e. The Labute approximate surface area is 163 Å². The van der Waals surface area contributed by atoms with Gasteiger partial charge in [-0.3, -0.25) is 4.79 Å². The third-order valence-electron chi connectivity index (χ3n) is 7.65. The second kappa shape index (κ2) is 9.06. The molecule has 1 saturated carbocycles. The monoisotopic (exact) mass is 382 g/mol. The van der Waals surface area contributed by atoms with Crippen LogP contribution in [0.2, 0.25) is 0 Å². The van der Waals surface area contributed by atoms with E-state index < -0.39 is 11.5 Å². The van der Waals surface area contributed by atoms with Crippen LogP contribution in [0.3, 0.4) is 0 Å². The molecule has 6 atom stereocenters. The summed E-state index contributed by atoms with van der Waals surface area (Å²) < 4.78 is 5.39. The van der Waals surface area contributed by atoms with Gasteiger partial charge in [0.25, 0.3) is 0 Å². The summed E-state index contributed by atoms with van der Waals surface area (Å²) >= 11 is 0. The maximum absolute atomic E-state index is 11.4. The summed E-state index contributed by atoms with van der Waals surface area (Å²) in [5, 5.41) is 30.2. The highest BCUT2D eigenvalue weighted by Gasteiger charge is 2.59. The molecule has 156 valence electrons. The van der Waals surface area contributed by atoms with Crippen LogP contribution in [0.25, 0.3) is 0 Å². The molecule has 0 unspecified atom stereocenters. The zero-order chi connectivity index (χ0) is 20.2. The second-order valence-electron chi connectivity index (χ2n) is 9.21. The Bertz CT molecular complexity index is 545. The summed E-state index contributed by atoms with van der Waals surface area (Å²) in [5.41, 5.74) is 0.420. The molecule has 0 spiro atoms. The lowest BCUT2D eigenvalue weighted by Crippen LogP contribution is -2.58. The van der Waals surface area contributed by atoms with Crippen molar-refractivity contribution in [3.05, 3.63) is 11.6 Å². The van der Waals surface area contributed by atoms with E-state index in [0.29, 0.717) is 18.9 Å². The van der Waals surface area contributed by atoms with Crippen LogP contribution in [-0.2, 0) is 9.53 Å². The van der Waals surface area contributed by atoms with E-state index in [1.54, 1.807) is 0 Å². The molecule has 2 aliphatic rings. The number of ether oxygens (including phenoxy) is 1. The Balaban J connectivity index is 2.34. The normalized spacial score (nSPS) is 37.3. The van der Waals surface area contributed by atoms with Crippen molar-refractivity contribution in [2.45, 2.75) is 72.3 Å². The molecule has 2 rings (SSSR count). The van der Waals surface area contributed by atoms with Gasteiger partial charge in [0.05, 0.1) is 19.3 Å². The summed E-state index contributed by atoms with van der Waals surface area (Å²) in [7, 11) is 0. The van der Waals surface area contributed by atoms with E-state index in [1.807, 2.05) is 0 Å². The lowest BCUT2D eigenvalue weighted by molar-refractivity contribution is -0.162. The minimum absolute atomic E-state index is 0.0182. The first-order valence-electron chi connectivity index (χ1n) is 10.4. The van der Waals surface area contributed by atoms with Gasteiger partial charge in [0.15, 0.2) is 0 Å². The summed E-state index contributed by atoms with van der Waals surface area (Å²) in [4.78, 5) is 11.4. The quantitative estimate of drug-likeness (QED) is 0.444. The van der Waals surface area contributed by atoms with Crippen LogP contribution in [-0.4, -0.2) is 47.2 Å². The third-order valence-corrected chi connectivity index (χ3v) is 7.65. The van der Waals surface area contributed by atoms with E-state index in [0.717, 1.165) is 37.7 Å². The predicted molar refractivity (Wildman–Crippen MR) is 105 cm³/mol. The molecule has 0 radical (unpaired) electrons. The van der Waals surface area contributed by atoms with E-state index in [9.17, 15) is 20.1 Å². The smallest absolute Gasteiger partial charge is 0.302 e. The molecule has 0 bridgehead atoms. The van der Waals surface area contributed by atoms with Crippen LogP contribution >= 0.6 is 0 Å². The van der Waals surface area contributed by atoms with Gasteiger partial charge in [-0.2, -0.15) is 0 Å². The molecule has 0 aromatic carbocycles. The average Bonchev–Trinajstić information content (AvgIpc) is 2.62. The fourth-order valence-electron chi connectivity index (χ4n) is 5.71. The van der Waals surface area contributed by atoms with Crippen molar-refractivity contribution >= 4 is 5.97 Å². The molecule has 2 aliphatic carbocycles. The van der Waals surface area contributed by atoms with E-state index in [1.165, 1.54) is 6.92 Å². The number of rotatable bonds is 8. The number of hydrogen-bond donors (Lipinski definition) is 3. The number of hydrogen-bond acceptors (Lipinski definition) is 5. The number of aliphatic hydroxyl groups excluding tert-OH is 3. The van der Waals surface area contributed by atoms with Gasteiger partial charge in [0, 0.05) is 24.9 Å². The maximum Gasteiger partial charge on any atom is 0.302 e. The molecule has 5 heteroatoms. The second-order valence-corrected chi connectivity index (χ2v) is 9.21. The lowest BCUT2D eigenvalue weighted by atomic mass is 9.45. The Kier molecular flexibility index (Phi) is 7.51. The van der Waals surface area contributed by atoms with Crippen LogP contribution in [0.15, 0.2) is 11.6 Å². The van der Waals surface area contributed by atoms with Crippen molar-refractivity contribution in [1.82, 2.24) is 0 Å². The first-order chi connectivity index (χ1) is 12.7. The number of esters is 1. The Morgan fingerprint density at radius 3 is 2.63 bits per heavy atom. The van der Waals surface area contributed by atoms with Crippen molar-refractivity contribution in [3.8, 4) is 0 Å². The molecular weight excluding hydrogens is 344 g/mol. The molecule has 0 amide bonds. The van der Waals surface area contributed by atoms with Crippen molar-refractivity contribution in [1.29, 1.82) is 0 Å². The van der Waals surface area contributed by atoms with Crippen molar-refractivity contribution < 1.29 is 24.9 Å². The molecule has 27 heavy (non-hydrogen) atoms. The Morgan fingerprint density at radius 1 is 1.33 bits per heavy atom. The van der Waals surface area contributed by atoms with Gasteiger partial charge in [-0.1, -0.05) is 33.3 Å². The number of aliphatic hydroxyl groups is 3. The summed E-state index contributed by atoms with van der Waals surface area (Å²) in [6.45, 7) is 8.49. The average molecular weight is 383 g/mol. The fourth-order valence-corrected chi connectivity index (χ4v) is 5.71. The van der Waals surface area contributed by atoms with Gasteiger partial charge < -0.3 is 20.1 Å². The number of carbonyl (C=O) groups is 1. The molecule has 3 N–H and O–H groups in total. The summed E-state index contributed by atoms with van der Waals surface area (Å²) in [5.74, 6) is 0.459. The number of fused-ring (bicyclic) bond motifs is 1. The SMILES string of the molecule is CC(=O)OC[C@@H]1C[C@H](O)[C@@]2(C)C(CO)=CCC[C@@H]2[C@@]1(C)CC[C@H](C)CCO. The largest absolute Gasteiger partial charge is 0.466 e. The third kappa shape index (κ3) is 4.41. The maximum atomic E-state index is 11.4. The highest BCUT2D eigenvalue weighted by atomic mass is 16.5. The number of carbonyl (C=O) groups excluding carboxylic acids is 1. The van der Waals surface area contributed by atoms with E-state index in [2.05, 4.69) is 26.8 Å². The molecule has 0 aromatic heterocycles. The van der Waals surface area contributed by atoms with Gasteiger partial charge in [-0.15, -0.1) is 0 Å². The molecule has 0 saturated heterocycles. The topological polar surface area (TPSA) is 87.0 Å². The summed E-state index contributed by atoms with van der Waals surface area (Å²) in [6, 6.07) is 0. The molecular formula is C22H38O5. The molecule has 1 fully saturated rings. The molecule has 0 heterocycles. The number of allylic oxidation sites excluding steroid dienone is 1. The predicted octanol–water partition coefficient (Wildman–Crippen LogP) is 3.07. The first kappa shape index (κ1) is 22.4. The highest BCUT2D eigenvalue weighted by molar-refractivity contribution is 5.65. The Morgan fingerprint density at radius 2 is 2.04 bits per heavy atom. The van der Waals surface area contributed by atoms with Crippen LogP contribution in [0, 0.1) is 28.6 Å². The molecule has 5 nitrogen and oxygen atoms in total. The van der Waals surface area contributed by atoms with Gasteiger partial charge in [0.1, 0.15) is 0 Å². The minimum atomic E-state index is -0.551. The molecule has 0 aromatic rings. The van der Waals surface area contributed by atoms with Crippen LogP contribution < -0.4 is 0 Å². The first-order valence-corrected chi connectivity index (χ1v) is 10.4. The fraction of sp³-hybridized carbons (Fsp3) is 0.864. The van der Waals surface area contributed by atoms with Crippen LogP contribution in [0.5, 0.6) is 0 Å². The van der Waals surface area contributed by atoms with Gasteiger partial charge in [-0.25, -0.2) is 0 Å². The van der Waals surface area contributed by atoms with Crippen molar-refractivity contribution in [2.24, 2.45) is 28.6 Å². The van der Waals surface area contributed by atoms with Crippen molar-refractivity contribution in [2.75, 3.05) is 19.8 Å². The highest BCUT2D eigenvalue weighted by Crippen LogP contribution is 2.62. The van der Waals surface area contributed by atoms with Crippen LogP contribution in [0.4, 0.5) is 0 Å². The van der Waals surface area contributed by atoms with E-state index in [4.69, 9.17) is 4.74 Å². The summed E-state index contributed by atoms with van der Waals surface area (Å²) in [6.07, 6.45) is 6.74. The lowest BCUT2D eigenvalue weighted by Gasteiger charge is -2.60. The Hall–Kier alpha value is -0.910. The zero-order valence-corrected chi connectivity index (χ0v) is 17.4. The van der Waals surface area contributed by atoms with E-state index >= 15 is 0 Å². The van der Waals surface area contributed by atoms with Gasteiger partial charge in [-0.05, 0) is 54.9 Å². The standard InChI is InChI=1S/C22H38O5/c1-15(9-11-23)8-10-21(3)18(14-27-16(2)25)12-20(26)22(4)17(13-24)6-5-7-19(21)22/h6,15,18-20,23-24,26H,5,7-14H2,1-4H3/t15-,18-,19+,20-,21-,22-/m0/s1. The van der Waals surface area contributed by atoms with E-state index in [-0.39, 0.29) is 36.4 Å². The van der Waals surface area contributed by atoms with Gasteiger partial charge in [0.2, 0.25) is 0 Å². The van der Waals surface area contributed by atoms with Gasteiger partial charge >= 0.3 is 5.97 Å². The van der Waals surface area contributed by atoms with Crippen LogP contribution in [0.1, 0.15) is 66.2 Å².